The van der Waals surface area contributed by atoms with Crippen LogP contribution in [0.15, 0.2) is 18.2 Å². The van der Waals surface area contributed by atoms with Crippen LogP contribution in [0.5, 0.6) is 0 Å². The standard InChI is InChI=1S/C10H14ClNO2S/c1-7-3-4-8(11)5-9(7)10(12)6-15(2,13)14/h3-5,10H,6,12H2,1-2H3. The Morgan fingerprint density at radius 3 is 2.60 bits per heavy atom. The van der Waals surface area contributed by atoms with Gasteiger partial charge in [-0.25, -0.2) is 8.42 Å². The summed E-state index contributed by atoms with van der Waals surface area (Å²) in [6.45, 7) is 1.88. The van der Waals surface area contributed by atoms with Gasteiger partial charge < -0.3 is 5.73 Å². The lowest BCUT2D eigenvalue weighted by Crippen LogP contribution is -2.21. The van der Waals surface area contributed by atoms with Crippen molar-refractivity contribution >= 4 is 21.4 Å². The first-order chi connectivity index (χ1) is 6.79. The summed E-state index contributed by atoms with van der Waals surface area (Å²) in [5, 5.41) is 0.569. The van der Waals surface area contributed by atoms with E-state index in [2.05, 4.69) is 0 Å². The van der Waals surface area contributed by atoms with Gasteiger partial charge in [0, 0.05) is 17.3 Å². The van der Waals surface area contributed by atoms with Crippen molar-refractivity contribution in [2.45, 2.75) is 13.0 Å². The van der Waals surface area contributed by atoms with Gasteiger partial charge in [0.1, 0.15) is 9.84 Å². The minimum absolute atomic E-state index is 0.0613. The Balaban J connectivity index is 3.00. The van der Waals surface area contributed by atoms with Crippen LogP contribution < -0.4 is 5.73 Å². The smallest absolute Gasteiger partial charge is 0.149 e. The zero-order valence-corrected chi connectivity index (χ0v) is 10.3. The monoisotopic (exact) mass is 247 g/mol. The van der Waals surface area contributed by atoms with E-state index in [1.807, 2.05) is 13.0 Å². The first-order valence-corrected chi connectivity index (χ1v) is 6.93. The van der Waals surface area contributed by atoms with E-state index >= 15 is 0 Å². The Bertz CT molecular complexity index is 456. The molecule has 0 heterocycles. The Hall–Kier alpha value is -0.580. The molecule has 0 saturated carbocycles. The Labute approximate surface area is 95.2 Å². The third-order valence-corrected chi connectivity index (χ3v) is 3.32. The van der Waals surface area contributed by atoms with Gasteiger partial charge in [-0.05, 0) is 30.2 Å². The second kappa shape index (κ2) is 4.51. The van der Waals surface area contributed by atoms with E-state index in [1.165, 1.54) is 6.26 Å². The average molecular weight is 248 g/mol. The lowest BCUT2D eigenvalue weighted by Gasteiger charge is -2.13. The second-order valence-corrected chi connectivity index (χ2v) is 6.32. The van der Waals surface area contributed by atoms with Gasteiger partial charge in [0.15, 0.2) is 0 Å². The fraction of sp³-hybridized carbons (Fsp3) is 0.400. The molecule has 0 radical (unpaired) electrons. The number of hydrogen-bond donors (Lipinski definition) is 1. The molecule has 1 aromatic rings. The Morgan fingerprint density at radius 1 is 1.47 bits per heavy atom. The van der Waals surface area contributed by atoms with Gasteiger partial charge in [0.2, 0.25) is 0 Å². The first kappa shape index (κ1) is 12.5. The quantitative estimate of drug-likeness (QED) is 0.884. The highest BCUT2D eigenvalue weighted by molar-refractivity contribution is 7.90. The van der Waals surface area contributed by atoms with Crippen molar-refractivity contribution in [1.82, 2.24) is 0 Å². The minimum Gasteiger partial charge on any atom is -0.323 e. The number of halogens is 1. The molecule has 0 bridgehead atoms. The molecule has 1 atom stereocenters. The molecule has 0 amide bonds. The van der Waals surface area contributed by atoms with Crippen molar-refractivity contribution in [2.24, 2.45) is 5.73 Å². The molecule has 1 aromatic carbocycles. The molecule has 3 nitrogen and oxygen atoms in total. The van der Waals surface area contributed by atoms with Crippen molar-refractivity contribution in [3.05, 3.63) is 34.3 Å². The van der Waals surface area contributed by atoms with Crippen LogP contribution in [0.2, 0.25) is 5.02 Å². The summed E-state index contributed by atoms with van der Waals surface area (Å²) < 4.78 is 22.2. The fourth-order valence-electron chi connectivity index (χ4n) is 1.43. The number of sulfone groups is 1. The van der Waals surface area contributed by atoms with Gasteiger partial charge in [0.05, 0.1) is 5.75 Å². The summed E-state index contributed by atoms with van der Waals surface area (Å²) in [4.78, 5) is 0. The lowest BCUT2D eigenvalue weighted by molar-refractivity contribution is 0.594. The summed E-state index contributed by atoms with van der Waals surface area (Å²) in [7, 11) is -3.07. The van der Waals surface area contributed by atoms with E-state index in [1.54, 1.807) is 12.1 Å². The van der Waals surface area contributed by atoms with E-state index in [-0.39, 0.29) is 5.75 Å². The van der Waals surface area contributed by atoms with Crippen LogP contribution in [0.4, 0.5) is 0 Å². The van der Waals surface area contributed by atoms with Crippen LogP contribution in [0, 0.1) is 6.92 Å². The van der Waals surface area contributed by atoms with E-state index in [0.717, 1.165) is 11.1 Å². The highest BCUT2D eigenvalue weighted by atomic mass is 35.5. The zero-order valence-electron chi connectivity index (χ0n) is 8.70. The normalized spacial score (nSPS) is 13.9. The van der Waals surface area contributed by atoms with Gasteiger partial charge in [-0.1, -0.05) is 17.7 Å². The predicted octanol–water partition coefficient (Wildman–Crippen LogP) is 1.69. The molecule has 0 aliphatic carbocycles. The van der Waals surface area contributed by atoms with Gasteiger partial charge in [-0.2, -0.15) is 0 Å². The highest BCUT2D eigenvalue weighted by Crippen LogP contribution is 2.21. The van der Waals surface area contributed by atoms with Crippen molar-refractivity contribution in [1.29, 1.82) is 0 Å². The molecule has 0 spiro atoms. The largest absolute Gasteiger partial charge is 0.323 e. The molecule has 84 valence electrons. The van der Waals surface area contributed by atoms with Crippen LogP contribution >= 0.6 is 11.6 Å². The maximum atomic E-state index is 11.1. The van der Waals surface area contributed by atoms with Crippen LogP contribution in [0.25, 0.3) is 0 Å². The summed E-state index contributed by atoms with van der Waals surface area (Å²) in [6.07, 6.45) is 1.17. The number of rotatable bonds is 3. The Kier molecular flexibility index (Phi) is 3.76. The molecule has 15 heavy (non-hydrogen) atoms. The van der Waals surface area contributed by atoms with Crippen molar-refractivity contribution in [2.75, 3.05) is 12.0 Å². The number of benzene rings is 1. The molecule has 0 fully saturated rings. The van der Waals surface area contributed by atoms with Crippen molar-refractivity contribution in [3.63, 3.8) is 0 Å². The van der Waals surface area contributed by atoms with E-state index in [9.17, 15) is 8.42 Å². The second-order valence-electron chi connectivity index (χ2n) is 3.70. The lowest BCUT2D eigenvalue weighted by atomic mass is 10.0. The molecular formula is C10H14ClNO2S. The van der Waals surface area contributed by atoms with Gasteiger partial charge in [-0.15, -0.1) is 0 Å². The number of aryl methyl sites for hydroxylation is 1. The van der Waals surface area contributed by atoms with E-state index < -0.39 is 15.9 Å². The molecule has 1 rings (SSSR count). The SMILES string of the molecule is Cc1ccc(Cl)cc1C(N)CS(C)(=O)=O. The maximum absolute atomic E-state index is 11.1. The summed E-state index contributed by atoms with van der Waals surface area (Å²) in [6, 6.07) is 4.79. The van der Waals surface area contributed by atoms with Gasteiger partial charge in [0.25, 0.3) is 0 Å². The molecule has 0 saturated heterocycles. The van der Waals surface area contributed by atoms with Crippen molar-refractivity contribution in [3.8, 4) is 0 Å². The summed E-state index contributed by atoms with van der Waals surface area (Å²) in [5.41, 5.74) is 7.55. The minimum atomic E-state index is -3.07. The molecule has 5 heteroatoms. The summed E-state index contributed by atoms with van der Waals surface area (Å²) >= 11 is 5.83. The molecule has 0 aromatic heterocycles. The van der Waals surface area contributed by atoms with Crippen LogP contribution in [0.3, 0.4) is 0 Å². The molecular weight excluding hydrogens is 234 g/mol. The van der Waals surface area contributed by atoms with Gasteiger partial charge in [-0.3, -0.25) is 0 Å². The Morgan fingerprint density at radius 2 is 2.07 bits per heavy atom. The molecule has 0 aliphatic rings. The third-order valence-electron chi connectivity index (χ3n) is 2.12. The molecule has 2 N–H and O–H groups in total. The van der Waals surface area contributed by atoms with E-state index in [0.29, 0.717) is 5.02 Å². The fourth-order valence-corrected chi connectivity index (χ4v) is 2.44. The van der Waals surface area contributed by atoms with Crippen LogP contribution in [0.1, 0.15) is 17.2 Å². The topological polar surface area (TPSA) is 60.2 Å². The zero-order chi connectivity index (χ0) is 11.6. The third kappa shape index (κ3) is 3.81. The van der Waals surface area contributed by atoms with Gasteiger partial charge >= 0.3 is 0 Å². The van der Waals surface area contributed by atoms with Crippen LogP contribution in [-0.4, -0.2) is 20.4 Å². The first-order valence-electron chi connectivity index (χ1n) is 4.49. The highest BCUT2D eigenvalue weighted by Gasteiger charge is 2.15. The molecule has 0 aliphatic heterocycles. The predicted molar refractivity (Wildman–Crippen MR) is 62.8 cm³/mol. The maximum Gasteiger partial charge on any atom is 0.149 e. The molecule has 1 unspecified atom stereocenters. The van der Waals surface area contributed by atoms with E-state index in [4.69, 9.17) is 17.3 Å². The number of hydrogen-bond acceptors (Lipinski definition) is 3. The average Bonchev–Trinajstić information content (AvgIpc) is 2.06. The number of nitrogens with two attached hydrogens (primary N) is 1. The van der Waals surface area contributed by atoms with Crippen molar-refractivity contribution < 1.29 is 8.42 Å². The van der Waals surface area contributed by atoms with Crippen LogP contribution in [-0.2, 0) is 9.84 Å². The summed E-state index contributed by atoms with van der Waals surface area (Å²) in [5.74, 6) is -0.0613.